The summed E-state index contributed by atoms with van der Waals surface area (Å²) in [6, 6.07) is 2.10. The zero-order valence-corrected chi connectivity index (χ0v) is 12.7. The molecule has 20 heavy (non-hydrogen) atoms. The third-order valence-electron chi connectivity index (χ3n) is 2.91. The van der Waals surface area contributed by atoms with Crippen molar-refractivity contribution < 1.29 is 8.42 Å². The molecule has 1 heterocycles. The van der Waals surface area contributed by atoms with Gasteiger partial charge >= 0.3 is 0 Å². The second-order valence-electron chi connectivity index (χ2n) is 4.32. The molecule has 0 saturated heterocycles. The summed E-state index contributed by atoms with van der Waals surface area (Å²) in [6.07, 6.45) is 0.596. The van der Waals surface area contributed by atoms with E-state index >= 15 is 0 Å². The molecule has 0 aliphatic rings. The van der Waals surface area contributed by atoms with E-state index in [1.165, 1.54) is 0 Å². The molecule has 0 bridgehead atoms. The van der Waals surface area contributed by atoms with E-state index in [1.54, 1.807) is 13.8 Å². The van der Waals surface area contributed by atoms with E-state index in [0.29, 0.717) is 30.9 Å². The normalized spacial score (nSPS) is 11.1. The Hall–Kier alpha value is -1.72. The average molecular weight is 297 g/mol. The van der Waals surface area contributed by atoms with Crippen LogP contribution in [0.4, 0.5) is 5.82 Å². The van der Waals surface area contributed by atoms with E-state index in [9.17, 15) is 8.42 Å². The van der Waals surface area contributed by atoms with Crippen molar-refractivity contribution >= 4 is 15.8 Å². The van der Waals surface area contributed by atoms with Crippen LogP contribution in [0.5, 0.6) is 0 Å². The monoisotopic (exact) mass is 297 g/mol. The number of aromatic nitrogens is 2. The lowest BCUT2D eigenvalue weighted by molar-refractivity contribution is 0.581. The van der Waals surface area contributed by atoms with Crippen molar-refractivity contribution in [3.05, 3.63) is 16.8 Å². The van der Waals surface area contributed by atoms with E-state index in [-0.39, 0.29) is 5.75 Å². The van der Waals surface area contributed by atoms with Gasteiger partial charge in [0.05, 0.1) is 11.4 Å². The summed E-state index contributed by atoms with van der Waals surface area (Å²) < 4.78 is 24.9. The van der Waals surface area contributed by atoms with Crippen LogP contribution < -0.4 is 10.0 Å². The molecular weight excluding hydrogens is 278 g/mol. The van der Waals surface area contributed by atoms with E-state index in [2.05, 4.69) is 26.3 Å². The smallest absolute Gasteiger partial charge is 0.211 e. The van der Waals surface area contributed by atoms with Crippen molar-refractivity contribution in [2.45, 2.75) is 27.2 Å². The Morgan fingerprint density at radius 3 is 2.55 bits per heavy atom. The maximum absolute atomic E-state index is 11.2. The van der Waals surface area contributed by atoms with Crippen molar-refractivity contribution in [3.8, 4) is 6.07 Å². The van der Waals surface area contributed by atoms with Crippen LogP contribution in [0, 0.1) is 25.2 Å². The Morgan fingerprint density at radius 1 is 1.25 bits per heavy atom. The second-order valence-corrected chi connectivity index (χ2v) is 6.42. The fourth-order valence-corrected chi connectivity index (χ4v) is 2.15. The molecule has 0 aliphatic heterocycles. The predicted molar refractivity (Wildman–Crippen MR) is 76.8 cm³/mol. The first-order valence-electron chi connectivity index (χ1n) is 6.36. The van der Waals surface area contributed by atoms with Crippen LogP contribution in [0.3, 0.4) is 0 Å². The van der Waals surface area contributed by atoms with Gasteiger partial charge in [0.1, 0.15) is 11.6 Å². The zero-order chi connectivity index (χ0) is 15.2. The van der Waals surface area contributed by atoms with E-state index in [0.717, 1.165) is 11.3 Å². The van der Waals surface area contributed by atoms with Gasteiger partial charge in [0.2, 0.25) is 10.0 Å². The van der Waals surface area contributed by atoms with Crippen molar-refractivity contribution in [2.75, 3.05) is 24.2 Å². The highest BCUT2D eigenvalue weighted by atomic mass is 32.2. The highest BCUT2D eigenvalue weighted by Crippen LogP contribution is 2.16. The van der Waals surface area contributed by atoms with Gasteiger partial charge in [-0.2, -0.15) is 10.4 Å². The minimum atomic E-state index is -3.15. The number of hydrogen-bond acceptors (Lipinski definition) is 6. The molecule has 0 aliphatic carbocycles. The molecule has 0 aromatic carbocycles. The van der Waals surface area contributed by atoms with Crippen LogP contribution in [0.25, 0.3) is 0 Å². The maximum atomic E-state index is 11.2. The molecule has 2 N–H and O–H groups in total. The van der Waals surface area contributed by atoms with Crippen LogP contribution in [-0.2, 0) is 10.0 Å². The largest absolute Gasteiger partial charge is 0.367 e. The highest BCUT2D eigenvalue weighted by molar-refractivity contribution is 7.89. The lowest BCUT2D eigenvalue weighted by Gasteiger charge is -2.09. The Kier molecular flexibility index (Phi) is 5.85. The summed E-state index contributed by atoms with van der Waals surface area (Å²) in [6.45, 7) is 6.07. The quantitative estimate of drug-likeness (QED) is 0.717. The highest BCUT2D eigenvalue weighted by Gasteiger charge is 2.10. The zero-order valence-electron chi connectivity index (χ0n) is 11.9. The van der Waals surface area contributed by atoms with Gasteiger partial charge in [0, 0.05) is 13.1 Å². The van der Waals surface area contributed by atoms with Crippen LogP contribution in [-0.4, -0.2) is 37.5 Å². The number of rotatable bonds is 7. The topological polar surface area (TPSA) is 108 Å². The summed E-state index contributed by atoms with van der Waals surface area (Å²) in [7, 11) is -3.15. The van der Waals surface area contributed by atoms with Crippen molar-refractivity contribution in [2.24, 2.45) is 0 Å². The summed E-state index contributed by atoms with van der Waals surface area (Å²) in [5.74, 6) is 0.510. The number of nitriles is 1. The number of aryl methyl sites for hydroxylation is 1. The summed E-state index contributed by atoms with van der Waals surface area (Å²) in [5.41, 5.74) is 2.01. The molecular formula is C12H19N5O2S. The summed E-state index contributed by atoms with van der Waals surface area (Å²) in [4.78, 5) is 0. The Bertz CT molecular complexity index is 607. The van der Waals surface area contributed by atoms with Crippen molar-refractivity contribution in [3.63, 3.8) is 0 Å². The lowest BCUT2D eigenvalue weighted by atomic mass is 10.1. The fraction of sp³-hybridized carbons (Fsp3) is 0.583. The SMILES string of the molecule is CCS(=O)(=O)NCCCNc1nnc(C)c(C)c1C#N. The molecule has 0 saturated carbocycles. The van der Waals surface area contributed by atoms with E-state index < -0.39 is 10.0 Å². The minimum absolute atomic E-state index is 0.0711. The van der Waals surface area contributed by atoms with Crippen molar-refractivity contribution in [1.82, 2.24) is 14.9 Å². The van der Waals surface area contributed by atoms with Gasteiger partial charge in [-0.1, -0.05) is 0 Å². The molecule has 1 aromatic heterocycles. The molecule has 1 aromatic rings. The first-order valence-corrected chi connectivity index (χ1v) is 8.01. The fourth-order valence-electron chi connectivity index (χ4n) is 1.49. The Morgan fingerprint density at radius 2 is 1.95 bits per heavy atom. The molecule has 0 unspecified atom stereocenters. The molecule has 0 atom stereocenters. The summed E-state index contributed by atoms with van der Waals surface area (Å²) >= 11 is 0. The molecule has 0 radical (unpaired) electrons. The maximum Gasteiger partial charge on any atom is 0.211 e. The van der Waals surface area contributed by atoms with Gasteiger partial charge in [-0.15, -0.1) is 5.10 Å². The third kappa shape index (κ3) is 4.43. The molecule has 8 heteroatoms. The Labute approximate surface area is 119 Å². The van der Waals surface area contributed by atoms with Crippen LogP contribution in [0.1, 0.15) is 30.2 Å². The molecule has 0 amide bonds. The van der Waals surface area contributed by atoms with Crippen LogP contribution in [0.2, 0.25) is 0 Å². The van der Waals surface area contributed by atoms with E-state index in [1.807, 2.05) is 6.92 Å². The van der Waals surface area contributed by atoms with Crippen LogP contribution in [0.15, 0.2) is 0 Å². The average Bonchev–Trinajstić information content (AvgIpc) is 2.42. The van der Waals surface area contributed by atoms with Gasteiger partial charge in [-0.3, -0.25) is 0 Å². The van der Waals surface area contributed by atoms with Gasteiger partial charge in [0.15, 0.2) is 5.82 Å². The number of hydrogen-bond donors (Lipinski definition) is 2. The second kappa shape index (κ2) is 7.17. The van der Waals surface area contributed by atoms with Crippen LogP contribution >= 0.6 is 0 Å². The Balaban J connectivity index is 2.52. The molecule has 0 spiro atoms. The van der Waals surface area contributed by atoms with Gasteiger partial charge in [-0.05, 0) is 32.8 Å². The number of nitrogens with one attached hydrogen (secondary N) is 2. The molecule has 7 nitrogen and oxygen atoms in total. The lowest BCUT2D eigenvalue weighted by Crippen LogP contribution is -2.27. The van der Waals surface area contributed by atoms with Crippen molar-refractivity contribution in [1.29, 1.82) is 5.26 Å². The standard InChI is InChI=1S/C12H19N5O2S/c1-4-20(18,19)15-7-5-6-14-12-11(8-13)9(2)10(3)16-17-12/h15H,4-7H2,1-3H3,(H,14,17). The predicted octanol–water partition coefficient (Wildman–Crippen LogP) is 0.706. The first-order chi connectivity index (χ1) is 9.41. The molecule has 110 valence electrons. The van der Waals surface area contributed by atoms with E-state index in [4.69, 9.17) is 5.26 Å². The summed E-state index contributed by atoms with van der Waals surface area (Å²) in [5, 5.41) is 20.0. The van der Waals surface area contributed by atoms with Gasteiger partial charge < -0.3 is 5.32 Å². The molecule has 0 fully saturated rings. The van der Waals surface area contributed by atoms with Gasteiger partial charge in [-0.25, -0.2) is 13.1 Å². The van der Waals surface area contributed by atoms with Gasteiger partial charge in [0.25, 0.3) is 0 Å². The first kappa shape index (κ1) is 16.3. The molecule has 1 rings (SSSR count). The number of nitrogens with zero attached hydrogens (tertiary/aromatic N) is 3. The third-order valence-corrected chi connectivity index (χ3v) is 4.32. The minimum Gasteiger partial charge on any atom is -0.367 e. The number of sulfonamides is 1. The number of anilines is 1.